The smallest absolute Gasteiger partial charge is 0.208 e. The molecule has 0 radical (unpaired) electrons. The molecule has 0 aliphatic rings. The van der Waals surface area contributed by atoms with Crippen LogP contribution in [0, 0.1) is 0 Å². The first-order valence-electron chi connectivity index (χ1n) is 5.45. The standard InChI is InChI=1S/C11H15N3O3S/c1-17-8-3-4-9-10(7-8)14-11(13-9)5-6-12-18(2,15)16/h3-4,7,12H,5-6H2,1-2H3,(H,13,14). The number of nitrogens with one attached hydrogen (secondary N) is 2. The highest BCUT2D eigenvalue weighted by Gasteiger charge is 2.05. The highest BCUT2D eigenvalue weighted by molar-refractivity contribution is 7.88. The quantitative estimate of drug-likeness (QED) is 0.835. The van der Waals surface area contributed by atoms with Gasteiger partial charge in [-0.1, -0.05) is 0 Å². The second-order valence-corrected chi connectivity index (χ2v) is 5.82. The summed E-state index contributed by atoms with van der Waals surface area (Å²) in [4.78, 5) is 7.49. The van der Waals surface area contributed by atoms with Crippen molar-refractivity contribution >= 4 is 21.1 Å². The average Bonchev–Trinajstić information content (AvgIpc) is 2.68. The lowest BCUT2D eigenvalue weighted by Crippen LogP contribution is -2.24. The number of methoxy groups -OCH3 is 1. The van der Waals surface area contributed by atoms with Crippen molar-refractivity contribution in [3.05, 3.63) is 24.0 Å². The lowest BCUT2D eigenvalue weighted by Gasteiger charge is -1.98. The van der Waals surface area contributed by atoms with Crippen LogP contribution in [0.2, 0.25) is 0 Å². The van der Waals surface area contributed by atoms with Crippen molar-refractivity contribution in [2.45, 2.75) is 6.42 Å². The van der Waals surface area contributed by atoms with Gasteiger partial charge in [-0.3, -0.25) is 0 Å². The second-order valence-electron chi connectivity index (χ2n) is 3.98. The van der Waals surface area contributed by atoms with Crippen molar-refractivity contribution in [3.63, 3.8) is 0 Å². The third-order valence-corrected chi connectivity index (χ3v) is 3.19. The topological polar surface area (TPSA) is 84.1 Å². The minimum absolute atomic E-state index is 0.329. The number of ether oxygens (including phenoxy) is 1. The molecular formula is C11H15N3O3S. The zero-order valence-corrected chi connectivity index (χ0v) is 11.0. The molecule has 2 N–H and O–H groups in total. The predicted molar refractivity (Wildman–Crippen MR) is 69.2 cm³/mol. The zero-order valence-electron chi connectivity index (χ0n) is 10.2. The molecule has 98 valence electrons. The third-order valence-electron chi connectivity index (χ3n) is 2.46. The van der Waals surface area contributed by atoms with Crippen molar-refractivity contribution in [2.75, 3.05) is 19.9 Å². The number of sulfonamides is 1. The molecule has 0 spiro atoms. The van der Waals surface area contributed by atoms with Crippen LogP contribution in [0.15, 0.2) is 18.2 Å². The molecule has 1 heterocycles. The molecular weight excluding hydrogens is 254 g/mol. The van der Waals surface area contributed by atoms with Gasteiger partial charge < -0.3 is 9.72 Å². The van der Waals surface area contributed by atoms with Crippen LogP contribution in [0.3, 0.4) is 0 Å². The van der Waals surface area contributed by atoms with Crippen LogP contribution in [0.5, 0.6) is 5.75 Å². The van der Waals surface area contributed by atoms with Crippen molar-refractivity contribution < 1.29 is 13.2 Å². The Hall–Kier alpha value is -1.60. The molecule has 2 rings (SSSR count). The summed E-state index contributed by atoms with van der Waals surface area (Å²) in [7, 11) is -1.54. The maximum absolute atomic E-state index is 10.9. The highest BCUT2D eigenvalue weighted by Crippen LogP contribution is 2.18. The fourth-order valence-corrected chi connectivity index (χ4v) is 2.11. The third kappa shape index (κ3) is 3.21. The number of aromatic amines is 1. The van der Waals surface area contributed by atoms with E-state index in [0.29, 0.717) is 13.0 Å². The number of fused-ring (bicyclic) bond motifs is 1. The van der Waals surface area contributed by atoms with Gasteiger partial charge in [0.2, 0.25) is 10.0 Å². The van der Waals surface area contributed by atoms with E-state index in [0.717, 1.165) is 28.9 Å². The number of hydrogen-bond acceptors (Lipinski definition) is 4. The molecule has 2 aromatic rings. The average molecular weight is 269 g/mol. The molecule has 1 aromatic heterocycles. The van der Waals surface area contributed by atoms with Gasteiger partial charge in [-0.15, -0.1) is 0 Å². The monoisotopic (exact) mass is 269 g/mol. The van der Waals surface area contributed by atoms with Crippen LogP contribution in [-0.4, -0.2) is 38.3 Å². The molecule has 0 bridgehead atoms. The number of aromatic nitrogens is 2. The molecule has 0 unspecified atom stereocenters. The lowest BCUT2D eigenvalue weighted by molar-refractivity contribution is 0.415. The van der Waals surface area contributed by atoms with E-state index in [2.05, 4.69) is 14.7 Å². The summed E-state index contributed by atoms with van der Waals surface area (Å²) in [5.41, 5.74) is 1.72. The van der Waals surface area contributed by atoms with Gasteiger partial charge in [0.15, 0.2) is 0 Å². The number of H-pyrrole nitrogens is 1. The first-order chi connectivity index (χ1) is 8.48. The molecule has 7 heteroatoms. The second kappa shape index (κ2) is 4.95. The van der Waals surface area contributed by atoms with E-state index >= 15 is 0 Å². The van der Waals surface area contributed by atoms with E-state index in [9.17, 15) is 8.42 Å². The van der Waals surface area contributed by atoms with Gasteiger partial charge >= 0.3 is 0 Å². The maximum Gasteiger partial charge on any atom is 0.208 e. The Morgan fingerprint density at radius 3 is 2.89 bits per heavy atom. The number of imidazole rings is 1. The molecule has 0 aliphatic heterocycles. The Morgan fingerprint density at radius 2 is 2.22 bits per heavy atom. The minimum atomic E-state index is -3.15. The van der Waals surface area contributed by atoms with Crippen molar-refractivity contribution in [2.24, 2.45) is 0 Å². The van der Waals surface area contributed by atoms with E-state index in [-0.39, 0.29) is 0 Å². The number of hydrogen-bond donors (Lipinski definition) is 2. The van der Waals surface area contributed by atoms with E-state index in [1.165, 1.54) is 0 Å². The molecule has 0 fully saturated rings. The summed E-state index contributed by atoms with van der Waals surface area (Å²) >= 11 is 0. The Labute approximate surface area is 105 Å². The van der Waals surface area contributed by atoms with Gasteiger partial charge in [-0.25, -0.2) is 18.1 Å². The van der Waals surface area contributed by atoms with Gasteiger partial charge in [-0.05, 0) is 12.1 Å². The minimum Gasteiger partial charge on any atom is -0.497 e. The van der Waals surface area contributed by atoms with Crippen LogP contribution in [0.25, 0.3) is 11.0 Å². The fourth-order valence-electron chi connectivity index (χ4n) is 1.64. The first kappa shape index (κ1) is 12.8. The normalized spacial score (nSPS) is 11.9. The van der Waals surface area contributed by atoms with Crippen LogP contribution in [0.4, 0.5) is 0 Å². The van der Waals surface area contributed by atoms with E-state index in [4.69, 9.17) is 4.74 Å². The van der Waals surface area contributed by atoms with E-state index in [1.807, 2.05) is 18.2 Å². The van der Waals surface area contributed by atoms with Gasteiger partial charge in [0.25, 0.3) is 0 Å². The lowest BCUT2D eigenvalue weighted by atomic mass is 10.3. The van der Waals surface area contributed by atoms with Crippen molar-refractivity contribution in [1.29, 1.82) is 0 Å². The fraction of sp³-hybridized carbons (Fsp3) is 0.364. The summed E-state index contributed by atoms with van der Waals surface area (Å²) < 4.78 is 29.4. The van der Waals surface area contributed by atoms with Crippen molar-refractivity contribution in [3.8, 4) is 5.75 Å². The number of nitrogens with zero attached hydrogens (tertiary/aromatic N) is 1. The SMILES string of the molecule is COc1ccc2nc(CCNS(C)(=O)=O)[nH]c2c1. The van der Waals surface area contributed by atoms with Gasteiger partial charge in [-0.2, -0.15) is 0 Å². The van der Waals surface area contributed by atoms with Crippen LogP contribution in [-0.2, 0) is 16.4 Å². The Bertz CT molecular complexity index is 649. The van der Waals surface area contributed by atoms with Crippen LogP contribution in [0.1, 0.15) is 5.82 Å². The summed E-state index contributed by atoms with van der Waals surface area (Å²) in [5.74, 6) is 1.50. The molecule has 18 heavy (non-hydrogen) atoms. The summed E-state index contributed by atoms with van der Waals surface area (Å²) in [6.45, 7) is 0.329. The molecule has 1 aromatic carbocycles. The van der Waals surface area contributed by atoms with E-state index in [1.54, 1.807) is 7.11 Å². The highest BCUT2D eigenvalue weighted by atomic mass is 32.2. The Balaban J connectivity index is 2.10. The summed E-state index contributed by atoms with van der Waals surface area (Å²) in [5, 5.41) is 0. The van der Waals surface area contributed by atoms with Gasteiger partial charge in [0.05, 0.1) is 24.4 Å². The largest absolute Gasteiger partial charge is 0.497 e. The summed E-state index contributed by atoms with van der Waals surface area (Å²) in [6, 6.07) is 5.55. The van der Waals surface area contributed by atoms with Crippen LogP contribution >= 0.6 is 0 Å². The molecule has 6 nitrogen and oxygen atoms in total. The molecule has 0 amide bonds. The summed E-state index contributed by atoms with van der Waals surface area (Å²) in [6.07, 6.45) is 1.65. The first-order valence-corrected chi connectivity index (χ1v) is 7.34. The van der Waals surface area contributed by atoms with Gasteiger partial charge in [0.1, 0.15) is 11.6 Å². The van der Waals surface area contributed by atoms with Gasteiger partial charge in [0, 0.05) is 19.0 Å². The van der Waals surface area contributed by atoms with Crippen LogP contribution < -0.4 is 9.46 Å². The number of benzene rings is 1. The molecule has 0 atom stereocenters. The number of rotatable bonds is 5. The predicted octanol–water partition coefficient (Wildman–Crippen LogP) is 0.663. The molecule has 0 saturated carbocycles. The molecule has 0 saturated heterocycles. The zero-order chi connectivity index (χ0) is 13.2. The Kier molecular flexibility index (Phi) is 3.53. The maximum atomic E-state index is 10.9. The van der Waals surface area contributed by atoms with E-state index < -0.39 is 10.0 Å². The molecule has 0 aliphatic carbocycles. The van der Waals surface area contributed by atoms with Crippen molar-refractivity contribution in [1.82, 2.24) is 14.7 Å². The Morgan fingerprint density at radius 1 is 1.44 bits per heavy atom.